The van der Waals surface area contributed by atoms with Crippen LogP contribution in [-0.4, -0.2) is 64.9 Å². The summed E-state index contributed by atoms with van der Waals surface area (Å²) in [6.07, 6.45) is 3.51. The van der Waals surface area contributed by atoms with Crippen molar-refractivity contribution in [3.63, 3.8) is 0 Å². The molecule has 0 aromatic heterocycles. The van der Waals surface area contributed by atoms with E-state index in [9.17, 15) is 10.1 Å². The molecule has 3 rings (SSSR count). The highest BCUT2D eigenvalue weighted by Gasteiger charge is 2.38. The molecule has 0 radical (unpaired) electrons. The molecule has 1 fully saturated rings. The maximum absolute atomic E-state index is 13.2. The van der Waals surface area contributed by atoms with Crippen LogP contribution in [0, 0.1) is 17.2 Å². The van der Waals surface area contributed by atoms with E-state index < -0.39 is 5.41 Å². The lowest BCUT2D eigenvalue weighted by Gasteiger charge is -2.35. The fraction of sp³-hybridized carbons (Fsp3) is 0.548. The van der Waals surface area contributed by atoms with Gasteiger partial charge in [-0.1, -0.05) is 26.0 Å². The lowest BCUT2D eigenvalue weighted by atomic mass is 9.69. The number of ether oxygens (including phenoxy) is 4. The quantitative estimate of drug-likeness (QED) is 0.394. The number of carbonyl (C=O) groups is 1. The first-order valence-electron chi connectivity index (χ1n) is 13.7. The third-order valence-corrected chi connectivity index (χ3v) is 7.96. The van der Waals surface area contributed by atoms with Crippen LogP contribution in [-0.2, 0) is 16.6 Å². The van der Waals surface area contributed by atoms with E-state index in [1.807, 2.05) is 49.1 Å². The molecule has 1 unspecified atom stereocenters. The first-order chi connectivity index (χ1) is 18.8. The summed E-state index contributed by atoms with van der Waals surface area (Å²) >= 11 is 0. The second-order valence-corrected chi connectivity index (χ2v) is 10.4. The van der Waals surface area contributed by atoms with Crippen LogP contribution in [0.5, 0.6) is 23.0 Å². The van der Waals surface area contributed by atoms with E-state index in [0.717, 1.165) is 56.0 Å². The number of nitrogens with zero attached hydrogens (tertiary/aromatic N) is 2. The topological polar surface area (TPSA) is 93.1 Å². The molecule has 2 aromatic carbocycles. The highest BCUT2D eigenvalue weighted by molar-refractivity contribution is 5.76. The normalized spacial score (nSPS) is 15.4. The molecule has 39 heavy (non-hydrogen) atoms. The minimum atomic E-state index is -0.792. The van der Waals surface area contributed by atoms with E-state index in [1.54, 1.807) is 28.4 Å². The lowest BCUT2D eigenvalue weighted by Crippen LogP contribution is -2.45. The van der Waals surface area contributed by atoms with Gasteiger partial charge in [-0.05, 0) is 73.5 Å². The van der Waals surface area contributed by atoms with Gasteiger partial charge in [0.1, 0.15) is 0 Å². The van der Waals surface area contributed by atoms with Gasteiger partial charge in [-0.15, -0.1) is 0 Å². The van der Waals surface area contributed by atoms with Gasteiger partial charge in [0.15, 0.2) is 23.0 Å². The lowest BCUT2D eigenvalue weighted by molar-refractivity contribution is -0.132. The third-order valence-electron chi connectivity index (χ3n) is 7.96. The Morgan fingerprint density at radius 3 is 2.13 bits per heavy atom. The van der Waals surface area contributed by atoms with Crippen molar-refractivity contribution in [1.29, 1.82) is 5.26 Å². The zero-order chi connectivity index (χ0) is 28.4. The largest absolute Gasteiger partial charge is 0.493 e. The minimum Gasteiger partial charge on any atom is -0.493 e. The molecule has 0 spiro atoms. The molecule has 1 saturated heterocycles. The number of hydrogen-bond donors (Lipinski definition) is 1. The van der Waals surface area contributed by atoms with E-state index >= 15 is 0 Å². The van der Waals surface area contributed by atoms with Crippen LogP contribution in [0.3, 0.4) is 0 Å². The number of amides is 1. The van der Waals surface area contributed by atoms with E-state index in [-0.39, 0.29) is 11.8 Å². The van der Waals surface area contributed by atoms with Gasteiger partial charge in [-0.3, -0.25) is 4.79 Å². The standard InChI is InChI=1S/C31H43N3O5/c1-22(2)31(21-32,24-8-10-27(37-4)29(20-24)39-6)15-11-30(35)34-17-13-25(14-18-34)33-16-12-23-7-9-26(36-3)28(19-23)38-5/h7-10,19-20,22,25,33H,11-18H2,1-6H3. The number of methoxy groups -OCH3 is 4. The summed E-state index contributed by atoms with van der Waals surface area (Å²) < 4.78 is 21.6. The van der Waals surface area contributed by atoms with Gasteiger partial charge in [-0.25, -0.2) is 0 Å². The van der Waals surface area contributed by atoms with Crippen LogP contribution < -0.4 is 24.3 Å². The number of hydrogen-bond acceptors (Lipinski definition) is 7. The Balaban J connectivity index is 1.52. The van der Waals surface area contributed by atoms with Gasteiger partial charge in [0.25, 0.3) is 0 Å². The predicted molar refractivity (Wildman–Crippen MR) is 152 cm³/mol. The molecule has 0 aliphatic carbocycles. The number of nitriles is 1. The number of likely N-dealkylation sites (tertiary alicyclic amines) is 1. The Morgan fingerprint density at radius 1 is 0.974 bits per heavy atom. The van der Waals surface area contributed by atoms with Crippen LogP contribution in [0.25, 0.3) is 0 Å². The van der Waals surface area contributed by atoms with E-state index in [1.165, 1.54) is 5.56 Å². The summed E-state index contributed by atoms with van der Waals surface area (Å²) in [5, 5.41) is 13.9. The average Bonchev–Trinajstić information content (AvgIpc) is 2.97. The van der Waals surface area contributed by atoms with Crippen LogP contribution >= 0.6 is 0 Å². The fourth-order valence-corrected chi connectivity index (χ4v) is 5.38. The molecule has 212 valence electrons. The third kappa shape index (κ3) is 7.15. The first kappa shape index (κ1) is 30.1. The first-order valence-corrected chi connectivity index (χ1v) is 13.7. The van der Waals surface area contributed by atoms with Gasteiger partial charge >= 0.3 is 0 Å². The monoisotopic (exact) mass is 537 g/mol. The molecule has 1 atom stereocenters. The van der Waals surface area contributed by atoms with Gasteiger partial charge in [0.05, 0.1) is 39.9 Å². The number of nitrogens with one attached hydrogen (secondary N) is 1. The zero-order valence-electron chi connectivity index (χ0n) is 24.2. The summed E-state index contributed by atoms with van der Waals surface area (Å²) in [6.45, 7) is 6.38. The molecule has 0 bridgehead atoms. The van der Waals surface area contributed by atoms with Crippen LogP contribution in [0.4, 0.5) is 0 Å². The van der Waals surface area contributed by atoms with Crippen molar-refractivity contribution in [2.75, 3.05) is 48.1 Å². The molecule has 1 aliphatic heterocycles. The van der Waals surface area contributed by atoms with E-state index in [4.69, 9.17) is 18.9 Å². The second-order valence-electron chi connectivity index (χ2n) is 10.4. The Hall–Kier alpha value is -3.44. The summed E-state index contributed by atoms with van der Waals surface area (Å²) in [4.78, 5) is 15.1. The zero-order valence-corrected chi connectivity index (χ0v) is 24.2. The van der Waals surface area contributed by atoms with Crippen LogP contribution in [0.2, 0.25) is 0 Å². The maximum Gasteiger partial charge on any atom is 0.222 e. The van der Waals surface area contributed by atoms with Crippen molar-refractivity contribution in [2.24, 2.45) is 5.92 Å². The smallest absolute Gasteiger partial charge is 0.222 e. The molecule has 1 heterocycles. The fourth-order valence-electron chi connectivity index (χ4n) is 5.38. The Bertz CT molecular complexity index is 1140. The maximum atomic E-state index is 13.2. The van der Waals surface area contributed by atoms with Crippen molar-refractivity contribution in [3.8, 4) is 29.1 Å². The molecule has 1 N–H and O–H groups in total. The Kier molecular flexibility index (Phi) is 10.9. The summed E-state index contributed by atoms with van der Waals surface area (Å²) in [7, 11) is 6.46. The summed E-state index contributed by atoms with van der Waals surface area (Å²) in [5.74, 6) is 2.81. The Labute approximate surface area is 233 Å². The van der Waals surface area contributed by atoms with Crippen molar-refractivity contribution in [2.45, 2.75) is 57.4 Å². The predicted octanol–water partition coefficient (Wildman–Crippen LogP) is 4.74. The average molecular weight is 538 g/mol. The minimum absolute atomic E-state index is 0.0222. The van der Waals surface area contributed by atoms with Crippen molar-refractivity contribution in [3.05, 3.63) is 47.5 Å². The van der Waals surface area contributed by atoms with E-state index in [0.29, 0.717) is 30.4 Å². The van der Waals surface area contributed by atoms with Gasteiger partial charge in [0.2, 0.25) is 5.91 Å². The van der Waals surface area contributed by atoms with Crippen LogP contribution in [0.1, 0.15) is 50.7 Å². The Morgan fingerprint density at radius 2 is 1.56 bits per heavy atom. The molecule has 2 aromatic rings. The SMILES string of the molecule is COc1ccc(CCNC2CCN(C(=O)CCC(C#N)(c3ccc(OC)c(OC)c3)C(C)C)CC2)cc1OC. The molecule has 8 heteroatoms. The highest BCUT2D eigenvalue weighted by atomic mass is 16.5. The van der Waals surface area contributed by atoms with Gasteiger partial charge in [0, 0.05) is 25.6 Å². The van der Waals surface area contributed by atoms with Crippen molar-refractivity contribution in [1.82, 2.24) is 10.2 Å². The number of rotatable bonds is 13. The van der Waals surface area contributed by atoms with Crippen molar-refractivity contribution < 1.29 is 23.7 Å². The molecular weight excluding hydrogens is 494 g/mol. The van der Waals surface area contributed by atoms with Crippen LogP contribution in [0.15, 0.2) is 36.4 Å². The molecule has 1 amide bonds. The molecule has 0 saturated carbocycles. The molecule has 1 aliphatic rings. The van der Waals surface area contributed by atoms with E-state index in [2.05, 4.69) is 17.5 Å². The highest BCUT2D eigenvalue weighted by Crippen LogP contribution is 2.40. The number of piperidine rings is 1. The molecular formula is C31H43N3O5. The summed E-state index contributed by atoms with van der Waals surface area (Å²) in [5.41, 5.74) is 1.25. The van der Waals surface area contributed by atoms with Gasteiger partial charge in [-0.2, -0.15) is 5.26 Å². The van der Waals surface area contributed by atoms with Gasteiger partial charge < -0.3 is 29.2 Å². The number of benzene rings is 2. The number of carbonyl (C=O) groups excluding carboxylic acids is 1. The van der Waals surface area contributed by atoms with Crippen molar-refractivity contribution >= 4 is 5.91 Å². The molecule has 8 nitrogen and oxygen atoms in total. The second kappa shape index (κ2) is 14.1. The summed E-state index contributed by atoms with van der Waals surface area (Å²) in [6, 6.07) is 14.5.